The number of imide groups is 1. The van der Waals surface area contributed by atoms with E-state index in [1.165, 1.54) is 31.2 Å². The third-order valence-corrected chi connectivity index (χ3v) is 3.98. The maximum absolute atomic E-state index is 15.7. The van der Waals surface area contributed by atoms with E-state index in [9.17, 15) is 19.2 Å². The molecule has 128 valence electrons. The molecule has 0 spiro atoms. The Morgan fingerprint density at radius 1 is 1.25 bits per heavy atom. The van der Waals surface area contributed by atoms with Crippen LogP contribution in [0.1, 0.15) is 30.6 Å². The molecule has 0 unspecified atom stereocenters. The van der Waals surface area contributed by atoms with Crippen LogP contribution in [-0.4, -0.2) is 47.3 Å². The first-order valence-electron chi connectivity index (χ1n) is 7.68. The standard InChI is InChI=1S/C17H18FNO5/c1-3-19-13(20)10-12(15(19)22)17(18,16(23)24-4-2)14(21)11-8-6-5-7-9-11/h5-9,12H,3-4,10H2,1-2H3/t12-,17-/m0/s1. The number of ketones is 1. The highest BCUT2D eigenvalue weighted by Gasteiger charge is 2.61. The Morgan fingerprint density at radius 3 is 2.38 bits per heavy atom. The van der Waals surface area contributed by atoms with E-state index in [2.05, 4.69) is 0 Å². The number of nitrogens with zero attached hydrogens (tertiary/aromatic N) is 1. The van der Waals surface area contributed by atoms with Gasteiger partial charge in [0.05, 0.1) is 6.61 Å². The average molecular weight is 335 g/mol. The number of Topliss-reactive ketones (excluding diaryl/α,β-unsaturated/α-hetero) is 1. The van der Waals surface area contributed by atoms with Crippen molar-refractivity contribution in [3.05, 3.63) is 35.9 Å². The second-order valence-electron chi connectivity index (χ2n) is 5.36. The monoisotopic (exact) mass is 335 g/mol. The molecule has 2 rings (SSSR count). The summed E-state index contributed by atoms with van der Waals surface area (Å²) >= 11 is 0. The fraction of sp³-hybridized carbons (Fsp3) is 0.412. The van der Waals surface area contributed by atoms with Crippen molar-refractivity contribution >= 4 is 23.6 Å². The van der Waals surface area contributed by atoms with Crippen molar-refractivity contribution in [2.24, 2.45) is 5.92 Å². The fourth-order valence-electron chi connectivity index (χ4n) is 2.76. The predicted octanol–water partition coefficient (Wildman–Crippen LogP) is 1.54. The van der Waals surface area contributed by atoms with E-state index in [0.29, 0.717) is 0 Å². The Bertz CT molecular complexity index is 675. The van der Waals surface area contributed by atoms with Crippen LogP contribution in [0.15, 0.2) is 30.3 Å². The van der Waals surface area contributed by atoms with Crippen molar-refractivity contribution in [3.8, 4) is 0 Å². The molecule has 1 aromatic carbocycles. The lowest BCUT2D eigenvalue weighted by Gasteiger charge is -2.26. The lowest BCUT2D eigenvalue weighted by atomic mass is 9.81. The van der Waals surface area contributed by atoms with E-state index in [1.807, 2.05) is 0 Å². The molecule has 6 nitrogen and oxygen atoms in total. The molecule has 2 atom stereocenters. The summed E-state index contributed by atoms with van der Waals surface area (Å²) in [6, 6.07) is 7.34. The predicted molar refractivity (Wildman–Crippen MR) is 81.7 cm³/mol. The first-order valence-corrected chi connectivity index (χ1v) is 7.68. The summed E-state index contributed by atoms with van der Waals surface area (Å²) in [5.41, 5.74) is -3.29. The Hall–Kier alpha value is -2.57. The van der Waals surface area contributed by atoms with Crippen LogP contribution in [0.2, 0.25) is 0 Å². The van der Waals surface area contributed by atoms with Crippen molar-refractivity contribution in [1.82, 2.24) is 4.90 Å². The molecular weight excluding hydrogens is 317 g/mol. The van der Waals surface area contributed by atoms with Gasteiger partial charge >= 0.3 is 5.97 Å². The molecule has 0 aromatic heterocycles. The molecule has 0 radical (unpaired) electrons. The van der Waals surface area contributed by atoms with Gasteiger partial charge in [-0.15, -0.1) is 0 Å². The molecule has 1 aromatic rings. The number of halogens is 1. The van der Waals surface area contributed by atoms with Crippen molar-refractivity contribution in [2.45, 2.75) is 25.9 Å². The molecule has 1 aliphatic rings. The second kappa shape index (κ2) is 6.90. The number of carbonyl (C=O) groups is 4. The number of ether oxygens (including phenoxy) is 1. The lowest BCUT2D eigenvalue weighted by molar-refractivity contribution is -0.160. The maximum Gasteiger partial charge on any atom is 0.353 e. The number of hydrogen-bond acceptors (Lipinski definition) is 5. The molecule has 1 fully saturated rings. The fourth-order valence-corrected chi connectivity index (χ4v) is 2.76. The summed E-state index contributed by atoms with van der Waals surface area (Å²) in [4.78, 5) is 49.9. The second-order valence-corrected chi connectivity index (χ2v) is 5.36. The molecule has 0 aliphatic carbocycles. The van der Waals surface area contributed by atoms with Crippen molar-refractivity contribution in [3.63, 3.8) is 0 Å². The number of likely N-dealkylation sites (tertiary alicyclic amines) is 1. The van der Waals surface area contributed by atoms with Crippen LogP contribution in [-0.2, 0) is 19.1 Å². The van der Waals surface area contributed by atoms with Gasteiger partial charge in [0.25, 0.3) is 5.67 Å². The van der Waals surface area contributed by atoms with Crippen LogP contribution in [0.5, 0.6) is 0 Å². The minimum absolute atomic E-state index is 0.0482. The molecule has 1 saturated heterocycles. The van der Waals surface area contributed by atoms with Crippen LogP contribution in [0.4, 0.5) is 4.39 Å². The zero-order chi connectivity index (χ0) is 17.9. The van der Waals surface area contributed by atoms with Crippen LogP contribution in [0.3, 0.4) is 0 Å². The van der Waals surface area contributed by atoms with E-state index in [-0.39, 0.29) is 18.7 Å². The minimum Gasteiger partial charge on any atom is -0.463 e. The smallest absolute Gasteiger partial charge is 0.353 e. The SMILES string of the molecule is CCOC(=O)[C@@](F)(C(=O)c1ccccc1)[C@H]1CC(=O)N(CC)C1=O. The maximum atomic E-state index is 15.7. The zero-order valence-electron chi connectivity index (χ0n) is 13.5. The number of rotatable bonds is 6. The van der Waals surface area contributed by atoms with Crippen LogP contribution in [0.25, 0.3) is 0 Å². The third kappa shape index (κ3) is 2.81. The molecular formula is C17H18FNO5. The Morgan fingerprint density at radius 2 is 1.88 bits per heavy atom. The molecule has 1 heterocycles. The van der Waals surface area contributed by atoms with Crippen molar-refractivity contribution in [2.75, 3.05) is 13.2 Å². The summed E-state index contributed by atoms with van der Waals surface area (Å²) in [6.07, 6.45) is -0.541. The van der Waals surface area contributed by atoms with Gasteiger partial charge in [0.2, 0.25) is 17.6 Å². The number of amides is 2. The van der Waals surface area contributed by atoms with E-state index in [4.69, 9.17) is 4.74 Å². The van der Waals surface area contributed by atoms with Gasteiger partial charge in [-0.2, -0.15) is 0 Å². The number of alkyl halides is 1. The minimum atomic E-state index is -3.23. The normalized spacial score (nSPS) is 20.0. The largest absolute Gasteiger partial charge is 0.463 e. The first kappa shape index (κ1) is 17.8. The first-order chi connectivity index (χ1) is 11.4. The van der Waals surface area contributed by atoms with Gasteiger partial charge in [-0.05, 0) is 13.8 Å². The van der Waals surface area contributed by atoms with Crippen molar-refractivity contribution < 1.29 is 28.3 Å². The van der Waals surface area contributed by atoms with E-state index in [1.54, 1.807) is 13.0 Å². The number of carbonyl (C=O) groups excluding carboxylic acids is 4. The van der Waals surface area contributed by atoms with Crippen LogP contribution >= 0.6 is 0 Å². The van der Waals surface area contributed by atoms with E-state index in [0.717, 1.165) is 4.90 Å². The average Bonchev–Trinajstić information content (AvgIpc) is 2.88. The molecule has 0 N–H and O–H groups in total. The Kier molecular flexibility index (Phi) is 5.11. The number of benzene rings is 1. The quantitative estimate of drug-likeness (QED) is 0.341. The van der Waals surface area contributed by atoms with E-state index < -0.39 is 41.6 Å². The third-order valence-electron chi connectivity index (χ3n) is 3.98. The van der Waals surface area contributed by atoms with Gasteiger partial charge in [-0.25, -0.2) is 9.18 Å². The van der Waals surface area contributed by atoms with Gasteiger partial charge in [-0.1, -0.05) is 30.3 Å². The zero-order valence-corrected chi connectivity index (χ0v) is 13.5. The molecule has 7 heteroatoms. The summed E-state index contributed by atoms with van der Waals surface area (Å²) in [5, 5.41) is 0. The van der Waals surface area contributed by atoms with Crippen LogP contribution < -0.4 is 0 Å². The molecule has 0 saturated carbocycles. The molecule has 1 aliphatic heterocycles. The van der Waals surface area contributed by atoms with Crippen LogP contribution in [0, 0.1) is 5.92 Å². The summed E-state index contributed by atoms with van der Waals surface area (Å²) in [5.74, 6) is -5.81. The highest BCUT2D eigenvalue weighted by atomic mass is 19.1. The lowest BCUT2D eigenvalue weighted by Crippen LogP contribution is -2.52. The Balaban J connectivity index is 2.49. The van der Waals surface area contributed by atoms with Gasteiger partial charge in [0.1, 0.15) is 5.92 Å². The highest BCUT2D eigenvalue weighted by molar-refractivity contribution is 6.20. The molecule has 2 amide bonds. The van der Waals surface area contributed by atoms with Gasteiger partial charge in [-0.3, -0.25) is 19.3 Å². The van der Waals surface area contributed by atoms with Gasteiger partial charge in [0.15, 0.2) is 0 Å². The van der Waals surface area contributed by atoms with E-state index >= 15 is 4.39 Å². The summed E-state index contributed by atoms with van der Waals surface area (Å²) < 4.78 is 20.4. The molecule has 0 bridgehead atoms. The van der Waals surface area contributed by atoms with Crippen molar-refractivity contribution in [1.29, 1.82) is 0 Å². The number of hydrogen-bond donors (Lipinski definition) is 0. The highest BCUT2D eigenvalue weighted by Crippen LogP contribution is 2.36. The number of esters is 1. The Labute approximate surface area is 138 Å². The summed E-state index contributed by atoms with van der Waals surface area (Å²) in [7, 11) is 0. The van der Waals surface area contributed by atoms with Gasteiger partial charge in [0, 0.05) is 18.5 Å². The molecule has 24 heavy (non-hydrogen) atoms. The van der Waals surface area contributed by atoms with Gasteiger partial charge < -0.3 is 4.74 Å². The topological polar surface area (TPSA) is 80.8 Å². The summed E-state index contributed by atoms with van der Waals surface area (Å²) in [6.45, 7) is 2.91.